The molecule has 0 saturated carbocycles. The fourth-order valence-corrected chi connectivity index (χ4v) is 2.91. The second kappa shape index (κ2) is 15.2. The second-order valence-electron chi connectivity index (χ2n) is 8.29. The third-order valence-corrected chi connectivity index (χ3v) is 4.64. The third kappa shape index (κ3) is 13.5. The fraction of sp³-hybridized carbons (Fsp3) is 0.650. The molecule has 0 bridgehead atoms. The van der Waals surface area contributed by atoms with Crippen LogP contribution in [0.4, 0.5) is 0 Å². The molecule has 0 aliphatic carbocycles. The average molecular weight is 504 g/mol. The van der Waals surface area contributed by atoms with E-state index in [2.05, 4.69) is 16.0 Å². The first-order valence-corrected chi connectivity index (χ1v) is 10.7. The Morgan fingerprint density at radius 1 is 0.714 bits per heavy atom. The van der Waals surface area contributed by atoms with E-state index in [-0.39, 0.29) is 12.3 Å². The van der Waals surface area contributed by atoms with Gasteiger partial charge in [0, 0.05) is 12.8 Å². The van der Waals surface area contributed by atoms with E-state index in [9.17, 15) is 38.7 Å². The van der Waals surface area contributed by atoms with Crippen LogP contribution in [0, 0.1) is 5.92 Å². The zero-order valence-corrected chi connectivity index (χ0v) is 19.5. The molecule has 0 heterocycles. The van der Waals surface area contributed by atoms with Crippen molar-refractivity contribution >= 4 is 41.5 Å². The van der Waals surface area contributed by atoms with E-state index in [0.717, 1.165) is 0 Å². The number of nitrogens with one attached hydrogen (secondary N) is 3. The van der Waals surface area contributed by atoms with E-state index in [1.807, 2.05) is 13.8 Å². The maximum absolute atomic E-state index is 12.8. The van der Waals surface area contributed by atoms with Gasteiger partial charge in [-0.2, -0.15) is 0 Å². The first-order chi connectivity index (χ1) is 16.1. The molecule has 0 fully saturated rings. The third-order valence-electron chi connectivity index (χ3n) is 4.64. The van der Waals surface area contributed by atoms with Gasteiger partial charge in [-0.15, -0.1) is 0 Å². The van der Waals surface area contributed by atoms with Gasteiger partial charge >= 0.3 is 17.9 Å². The predicted molar refractivity (Wildman–Crippen MR) is 118 cm³/mol. The van der Waals surface area contributed by atoms with Crippen LogP contribution >= 0.6 is 0 Å². The molecule has 10 N–H and O–H groups in total. The largest absolute Gasteiger partial charge is 0.481 e. The monoisotopic (exact) mass is 503 g/mol. The Kier molecular flexibility index (Phi) is 13.6. The number of carbonyl (C=O) groups excluding carboxylic acids is 4. The van der Waals surface area contributed by atoms with E-state index < -0.39 is 97.8 Å². The van der Waals surface area contributed by atoms with Gasteiger partial charge in [0.2, 0.25) is 23.6 Å². The number of amides is 4. The minimum absolute atomic E-state index is 0.0477. The molecule has 0 rings (SSSR count). The molecule has 0 aliphatic rings. The van der Waals surface area contributed by atoms with Crippen LogP contribution in [0.5, 0.6) is 0 Å². The van der Waals surface area contributed by atoms with Gasteiger partial charge in [0.1, 0.15) is 18.1 Å². The summed E-state index contributed by atoms with van der Waals surface area (Å²) in [6.07, 6.45) is -2.50. The lowest BCUT2D eigenvalue weighted by molar-refractivity contribution is -0.144. The summed E-state index contributed by atoms with van der Waals surface area (Å²) in [6.45, 7) is 3.63. The summed E-state index contributed by atoms with van der Waals surface area (Å²) >= 11 is 0. The summed E-state index contributed by atoms with van der Waals surface area (Å²) < 4.78 is 0. The lowest BCUT2D eigenvalue weighted by Crippen LogP contribution is -2.57. The Morgan fingerprint density at radius 3 is 1.57 bits per heavy atom. The van der Waals surface area contributed by atoms with Crippen LogP contribution in [0.15, 0.2) is 0 Å². The first kappa shape index (κ1) is 31.2. The normalized spacial score (nSPS) is 14.2. The molecule has 15 heteroatoms. The Bertz CT molecular complexity index is 816. The molecule has 0 aliphatic heterocycles. The maximum Gasteiger partial charge on any atom is 0.326 e. The van der Waals surface area contributed by atoms with Crippen molar-refractivity contribution in [3.8, 4) is 0 Å². The summed E-state index contributed by atoms with van der Waals surface area (Å²) in [5.74, 6) is -8.00. The van der Waals surface area contributed by atoms with Gasteiger partial charge in [-0.1, -0.05) is 13.8 Å². The van der Waals surface area contributed by atoms with Crippen molar-refractivity contribution in [2.75, 3.05) is 0 Å². The maximum atomic E-state index is 12.8. The lowest BCUT2D eigenvalue weighted by atomic mass is 10.0. The summed E-state index contributed by atoms with van der Waals surface area (Å²) in [5.41, 5.74) is 10.9. The summed E-state index contributed by atoms with van der Waals surface area (Å²) in [4.78, 5) is 82.1. The highest BCUT2D eigenvalue weighted by atomic mass is 16.4. The molecule has 0 spiro atoms. The Labute approximate surface area is 201 Å². The minimum atomic E-state index is -1.63. The van der Waals surface area contributed by atoms with Crippen LogP contribution in [0.3, 0.4) is 0 Å². The number of carboxylic acid groups (broad SMARTS) is 3. The summed E-state index contributed by atoms with van der Waals surface area (Å²) in [6, 6.07) is -5.75. The van der Waals surface area contributed by atoms with Gasteiger partial charge in [0.05, 0.1) is 12.5 Å². The van der Waals surface area contributed by atoms with E-state index in [1.165, 1.54) is 0 Å². The van der Waals surface area contributed by atoms with Crippen LogP contribution in [-0.2, 0) is 33.6 Å². The summed E-state index contributed by atoms with van der Waals surface area (Å²) in [5, 5.41) is 33.4. The van der Waals surface area contributed by atoms with E-state index in [0.29, 0.717) is 0 Å². The SMILES string of the molecule is CC(C)CC(N)C(=O)NC(CC(N)=O)C(=O)NC(CCC(=O)O)C(=O)NC(CCC(=O)O)C(=O)O. The van der Waals surface area contributed by atoms with Crippen LogP contribution in [-0.4, -0.2) is 81.0 Å². The van der Waals surface area contributed by atoms with Gasteiger partial charge in [-0.3, -0.25) is 28.8 Å². The van der Waals surface area contributed by atoms with Crippen molar-refractivity contribution in [3.05, 3.63) is 0 Å². The van der Waals surface area contributed by atoms with Crippen LogP contribution in [0.25, 0.3) is 0 Å². The van der Waals surface area contributed by atoms with Crippen LogP contribution in [0.2, 0.25) is 0 Å². The first-order valence-electron chi connectivity index (χ1n) is 10.7. The molecule has 0 saturated heterocycles. The van der Waals surface area contributed by atoms with E-state index in [4.69, 9.17) is 21.7 Å². The second-order valence-corrected chi connectivity index (χ2v) is 8.29. The molecule has 15 nitrogen and oxygen atoms in total. The molecular weight excluding hydrogens is 470 g/mol. The van der Waals surface area contributed by atoms with Gasteiger partial charge < -0.3 is 42.7 Å². The van der Waals surface area contributed by atoms with Gasteiger partial charge in [0.15, 0.2) is 0 Å². The molecule has 4 atom stereocenters. The molecule has 198 valence electrons. The fourth-order valence-electron chi connectivity index (χ4n) is 2.91. The van der Waals surface area contributed by atoms with Gasteiger partial charge in [-0.25, -0.2) is 4.79 Å². The highest BCUT2D eigenvalue weighted by molar-refractivity contribution is 5.96. The van der Waals surface area contributed by atoms with Crippen LogP contribution < -0.4 is 27.4 Å². The number of nitrogens with two attached hydrogens (primary N) is 2. The van der Waals surface area contributed by atoms with Crippen molar-refractivity contribution in [1.82, 2.24) is 16.0 Å². The van der Waals surface area contributed by atoms with Crippen molar-refractivity contribution < 1.29 is 48.9 Å². The zero-order chi connectivity index (χ0) is 27.3. The molecule has 0 aromatic heterocycles. The molecule has 0 radical (unpaired) electrons. The molecular formula is C20H33N5O10. The van der Waals surface area contributed by atoms with Crippen molar-refractivity contribution in [3.63, 3.8) is 0 Å². The topological polar surface area (TPSA) is 268 Å². The highest BCUT2D eigenvalue weighted by Gasteiger charge is 2.31. The summed E-state index contributed by atoms with van der Waals surface area (Å²) in [7, 11) is 0. The molecule has 4 unspecified atom stereocenters. The molecule has 4 amide bonds. The molecule has 0 aromatic carbocycles. The van der Waals surface area contributed by atoms with Gasteiger partial charge in [-0.05, 0) is 25.2 Å². The number of carbonyl (C=O) groups is 7. The number of primary amides is 1. The van der Waals surface area contributed by atoms with Gasteiger partial charge in [0.25, 0.3) is 0 Å². The van der Waals surface area contributed by atoms with E-state index >= 15 is 0 Å². The number of hydrogen-bond donors (Lipinski definition) is 8. The minimum Gasteiger partial charge on any atom is -0.481 e. The lowest BCUT2D eigenvalue weighted by Gasteiger charge is -2.24. The Hall–Kier alpha value is -3.75. The number of hydrogen-bond acceptors (Lipinski definition) is 8. The van der Waals surface area contributed by atoms with Crippen molar-refractivity contribution in [1.29, 1.82) is 0 Å². The van der Waals surface area contributed by atoms with Crippen LogP contribution in [0.1, 0.15) is 52.4 Å². The zero-order valence-electron chi connectivity index (χ0n) is 19.5. The standard InChI is InChI=1S/C20H33N5O10/c1-9(2)7-10(21)17(31)25-13(8-14(22)26)19(33)23-11(3-5-15(27)28)18(32)24-12(20(34)35)4-6-16(29)30/h9-13H,3-8,21H2,1-2H3,(H2,22,26)(H,23,33)(H,24,32)(H,25,31)(H,27,28)(H,29,30)(H,34,35). The highest BCUT2D eigenvalue weighted by Crippen LogP contribution is 2.06. The predicted octanol–water partition coefficient (Wildman–Crippen LogP) is -2.50. The van der Waals surface area contributed by atoms with Crippen molar-refractivity contribution in [2.24, 2.45) is 17.4 Å². The molecule has 35 heavy (non-hydrogen) atoms. The number of carboxylic acids is 3. The number of aliphatic carboxylic acids is 3. The quantitative estimate of drug-likeness (QED) is 0.103. The van der Waals surface area contributed by atoms with E-state index in [1.54, 1.807) is 0 Å². The van der Waals surface area contributed by atoms with Crippen molar-refractivity contribution in [2.45, 2.75) is 76.5 Å². The Morgan fingerprint density at radius 2 is 1.14 bits per heavy atom. The molecule has 0 aromatic rings. The number of rotatable bonds is 17. The Balaban J connectivity index is 5.60. The smallest absolute Gasteiger partial charge is 0.326 e. The average Bonchev–Trinajstić information content (AvgIpc) is 2.71.